The van der Waals surface area contributed by atoms with Gasteiger partial charge in [-0.2, -0.15) is 5.10 Å². The second kappa shape index (κ2) is 6.47. The quantitative estimate of drug-likeness (QED) is 0.739. The first-order chi connectivity index (χ1) is 9.62. The van der Waals surface area contributed by atoms with Crippen molar-refractivity contribution in [3.8, 4) is 0 Å². The molecule has 1 saturated heterocycles. The predicted octanol–water partition coefficient (Wildman–Crippen LogP) is -0.334. The Bertz CT molecular complexity index is 454. The van der Waals surface area contributed by atoms with E-state index in [1.807, 2.05) is 0 Å². The second-order valence-electron chi connectivity index (χ2n) is 4.88. The van der Waals surface area contributed by atoms with Gasteiger partial charge in [-0.25, -0.2) is 4.98 Å². The number of nitrogens with one attached hydrogen (secondary N) is 1. The molecule has 110 valence electrons. The number of aliphatic carboxylic acids is 1. The summed E-state index contributed by atoms with van der Waals surface area (Å²) in [5.74, 6) is -1.06. The van der Waals surface area contributed by atoms with Gasteiger partial charge >= 0.3 is 5.97 Å². The van der Waals surface area contributed by atoms with Gasteiger partial charge in [0.05, 0.1) is 12.0 Å². The number of carbonyl (C=O) groups excluding carboxylic acids is 1. The first-order valence-electron chi connectivity index (χ1n) is 6.53. The minimum Gasteiger partial charge on any atom is -0.481 e. The monoisotopic (exact) mass is 282 g/mol. The summed E-state index contributed by atoms with van der Waals surface area (Å²) in [5.41, 5.74) is -0.902. The van der Waals surface area contributed by atoms with Gasteiger partial charge < -0.3 is 15.2 Å². The minimum absolute atomic E-state index is 0.141. The Labute approximate surface area is 116 Å². The van der Waals surface area contributed by atoms with Crippen molar-refractivity contribution in [3.05, 3.63) is 12.7 Å². The van der Waals surface area contributed by atoms with Gasteiger partial charge in [-0.15, -0.1) is 0 Å². The van der Waals surface area contributed by atoms with E-state index in [1.54, 1.807) is 4.68 Å². The maximum atomic E-state index is 11.7. The molecule has 2 heterocycles. The molecule has 0 unspecified atom stereocenters. The zero-order valence-electron chi connectivity index (χ0n) is 11.1. The van der Waals surface area contributed by atoms with Gasteiger partial charge in [0.15, 0.2) is 0 Å². The van der Waals surface area contributed by atoms with E-state index in [4.69, 9.17) is 4.74 Å². The first kappa shape index (κ1) is 14.4. The Morgan fingerprint density at radius 1 is 1.40 bits per heavy atom. The Morgan fingerprint density at radius 3 is 2.75 bits per heavy atom. The Balaban J connectivity index is 1.80. The number of carbonyl (C=O) groups is 2. The summed E-state index contributed by atoms with van der Waals surface area (Å²) in [6.45, 7) is 1.40. The molecule has 0 aromatic carbocycles. The number of hydrogen-bond donors (Lipinski definition) is 2. The van der Waals surface area contributed by atoms with Crippen LogP contribution in [0.1, 0.15) is 19.3 Å². The van der Waals surface area contributed by atoms with Gasteiger partial charge in [0, 0.05) is 26.2 Å². The van der Waals surface area contributed by atoms with Gasteiger partial charge in [-0.1, -0.05) is 0 Å². The number of ether oxygens (including phenoxy) is 1. The van der Waals surface area contributed by atoms with Crippen LogP contribution in [0.4, 0.5) is 0 Å². The van der Waals surface area contributed by atoms with E-state index in [9.17, 15) is 14.7 Å². The Kier molecular flexibility index (Phi) is 4.67. The van der Waals surface area contributed by atoms with Crippen molar-refractivity contribution >= 4 is 11.9 Å². The molecule has 2 N–H and O–H groups in total. The molecule has 1 fully saturated rings. The number of amides is 1. The predicted molar refractivity (Wildman–Crippen MR) is 67.8 cm³/mol. The average Bonchev–Trinajstić information content (AvgIpc) is 2.97. The maximum Gasteiger partial charge on any atom is 0.311 e. The molecule has 8 nitrogen and oxygen atoms in total. The highest BCUT2D eigenvalue weighted by atomic mass is 16.5. The average molecular weight is 282 g/mol. The lowest BCUT2D eigenvalue weighted by Crippen LogP contribution is -2.46. The molecule has 1 aromatic rings. The van der Waals surface area contributed by atoms with Gasteiger partial charge in [0.2, 0.25) is 5.91 Å². The van der Waals surface area contributed by atoms with Gasteiger partial charge in [-0.3, -0.25) is 14.3 Å². The van der Waals surface area contributed by atoms with E-state index in [0.717, 1.165) is 0 Å². The van der Waals surface area contributed by atoms with E-state index in [-0.39, 0.29) is 18.9 Å². The fraction of sp³-hybridized carbons (Fsp3) is 0.667. The highest BCUT2D eigenvalue weighted by Gasteiger charge is 2.40. The Hall–Kier alpha value is -1.96. The molecule has 1 amide bonds. The van der Waals surface area contributed by atoms with Crippen molar-refractivity contribution in [2.75, 3.05) is 19.8 Å². The molecule has 0 spiro atoms. The van der Waals surface area contributed by atoms with Crippen LogP contribution >= 0.6 is 0 Å². The molecule has 2 rings (SSSR count). The van der Waals surface area contributed by atoms with Crippen LogP contribution in [0.15, 0.2) is 12.7 Å². The summed E-state index contributed by atoms with van der Waals surface area (Å²) in [7, 11) is 0. The van der Waals surface area contributed by atoms with Crippen LogP contribution < -0.4 is 5.32 Å². The normalized spacial score (nSPS) is 17.6. The molecule has 1 aliphatic heterocycles. The van der Waals surface area contributed by atoms with Crippen LogP contribution in [0, 0.1) is 5.41 Å². The third-order valence-corrected chi connectivity index (χ3v) is 3.56. The van der Waals surface area contributed by atoms with Crippen molar-refractivity contribution in [3.63, 3.8) is 0 Å². The van der Waals surface area contributed by atoms with Crippen molar-refractivity contribution < 1.29 is 19.4 Å². The molecule has 0 atom stereocenters. The van der Waals surface area contributed by atoms with Crippen LogP contribution in [0.2, 0.25) is 0 Å². The summed E-state index contributed by atoms with van der Waals surface area (Å²) in [4.78, 5) is 26.9. The second-order valence-corrected chi connectivity index (χ2v) is 4.88. The molecular formula is C12H18N4O4. The van der Waals surface area contributed by atoms with Crippen LogP contribution in [0.3, 0.4) is 0 Å². The lowest BCUT2D eigenvalue weighted by Gasteiger charge is -2.33. The first-order valence-corrected chi connectivity index (χ1v) is 6.53. The zero-order chi connectivity index (χ0) is 14.4. The fourth-order valence-corrected chi connectivity index (χ4v) is 2.15. The highest BCUT2D eigenvalue weighted by molar-refractivity contribution is 5.79. The smallest absolute Gasteiger partial charge is 0.311 e. The van der Waals surface area contributed by atoms with E-state index < -0.39 is 11.4 Å². The molecule has 0 radical (unpaired) electrons. The molecule has 0 bridgehead atoms. The molecule has 1 aliphatic rings. The largest absolute Gasteiger partial charge is 0.481 e. The minimum atomic E-state index is -0.902. The summed E-state index contributed by atoms with van der Waals surface area (Å²) in [6.07, 6.45) is 4.02. The summed E-state index contributed by atoms with van der Waals surface area (Å²) >= 11 is 0. The summed E-state index contributed by atoms with van der Waals surface area (Å²) < 4.78 is 6.74. The lowest BCUT2D eigenvalue weighted by atomic mass is 9.80. The fourth-order valence-electron chi connectivity index (χ4n) is 2.15. The lowest BCUT2D eigenvalue weighted by molar-refractivity contribution is -0.154. The van der Waals surface area contributed by atoms with Crippen molar-refractivity contribution in [1.82, 2.24) is 20.1 Å². The Morgan fingerprint density at radius 2 is 2.15 bits per heavy atom. The molecule has 0 saturated carbocycles. The SMILES string of the molecule is O=C(CCn1cncn1)NCC1(C(=O)O)CCOCC1. The molecular weight excluding hydrogens is 264 g/mol. The number of rotatable bonds is 6. The topological polar surface area (TPSA) is 106 Å². The number of carboxylic acid groups (broad SMARTS) is 1. The molecule has 0 aliphatic carbocycles. The van der Waals surface area contributed by atoms with Crippen LogP contribution in [0.5, 0.6) is 0 Å². The molecule has 8 heteroatoms. The third kappa shape index (κ3) is 3.53. The zero-order valence-corrected chi connectivity index (χ0v) is 11.1. The number of carboxylic acids is 1. The van der Waals surface area contributed by atoms with E-state index in [1.165, 1.54) is 12.7 Å². The van der Waals surface area contributed by atoms with Crippen molar-refractivity contribution in [2.24, 2.45) is 5.41 Å². The maximum absolute atomic E-state index is 11.7. The molecule has 20 heavy (non-hydrogen) atoms. The van der Waals surface area contributed by atoms with E-state index in [0.29, 0.717) is 32.6 Å². The van der Waals surface area contributed by atoms with Crippen LogP contribution in [-0.2, 0) is 20.9 Å². The van der Waals surface area contributed by atoms with Crippen molar-refractivity contribution in [2.45, 2.75) is 25.8 Å². The van der Waals surface area contributed by atoms with Gasteiger partial charge in [0.25, 0.3) is 0 Å². The number of hydrogen-bond acceptors (Lipinski definition) is 5. The summed E-state index contributed by atoms with van der Waals surface area (Å²) in [5, 5.41) is 15.9. The number of nitrogens with zero attached hydrogens (tertiary/aromatic N) is 3. The third-order valence-electron chi connectivity index (χ3n) is 3.56. The molecule has 1 aromatic heterocycles. The number of aryl methyl sites for hydroxylation is 1. The van der Waals surface area contributed by atoms with E-state index in [2.05, 4.69) is 15.4 Å². The van der Waals surface area contributed by atoms with E-state index >= 15 is 0 Å². The standard InChI is InChI=1S/C12H18N4O4/c17-10(1-4-16-9-13-8-15-16)14-7-12(11(18)19)2-5-20-6-3-12/h8-9H,1-7H2,(H,14,17)(H,18,19). The van der Waals surface area contributed by atoms with Crippen LogP contribution in [-0.4, -0.2) is 51.5 Å². The summed E-state index contributed by atoms with van der Waals surface area (Å²) in [6, 6.07) is 0. The number of aromatic nitrogens is 3. The van der Waals surface area contributed by atoms with Gasteiger partial charge in [0.1, 0.15) is 12.7 Å². The van der Waals surface area contributed by atoms with Gasteiger partial charge in [-0.05, 0) is 12.8 Å². The highest BCUT2D eigenvalue weighted by Crippen LogP contribution is 2.30. The van der Waals surface area contributed by atoms with Crippen molar-refractivity contribution in [1.29, 1.82) is 0 Å². The van der Waals surface area contributed by atoms with Crippen LogP contribution in [0.25, 0.3) is 0 Å².